The van der Waals surface area contributed by atoms with Crippen LogP contribution >= 0.6 is 0 Å². The van der Waals surface area contributed by atoms with Crippen molar-refractivity contribution in [2.75, 3.05) is 14.2 Å². The van der Waals surface area contributed by atoms with Crippen LogP contribution in [-0.4, -0.2) is 25.7 Å². The van der Waals surface area contributed by atoms with Gasteiger partial charge in [-0.25, -0.2) is 0 Å². The molecule has 1 aromatic rings. The molecule has 1 rings (SSSR count). The molecule has 0 radical (unpaired) electrons. The van der Waals surface area contributed by atoms with Crippen molar-refractivity contribution >= 4 is 12.0 Å². The molecule has 0 fully saturated rings. The average Bonchev–Trinajstić information content (AvgIpc) is 2.44. The van der Waals surface area contributed by atoms with Crippen LogP contribution in [-0.2, 0) is 4.79 Å². The molecule has 1 N–H and O–H groups in total. The van der Waals surface area contributed by atoms with Crippen molar-refractivity contribution in [3.05, 3.63) is 29.8 Å². The molecule has 4 nitrogen and oxygen atoms in total. The third kappa shape index (κ3) is 4.61. The van der Waals surface area contributed by atoms with Crippen LogP contribution < -0.4 is 14.8 Å². The monoisotopic (exact) mass is 277 g/mol. The van der Waals surface area contributed by atoms with Crippen LogP contribution in [0.2, 0.25) is 0 Å². The van der Waals surface area contributed by atoms with E-state index in [9.17, 15) is 4.79 Å². The third-order valence-electron chi connectivity index (χ3n) is 3.18. The summed E-state index contributed by atoms with van der Waals surface area (Å²) in [6.45, 7) is 6.03. The van der Waals surface area contributed by atoms with E-state index in [1.807, 2.05) is 39.0 Å². The standard InChI is InChI=1S/C16H23NO3/c1-6-16(2,3)17-15(18)10-8-12-7-9-13(19-4)14(11-12)20-5/h7-11H,6H2,1-5H3,(H,17,18). The topological polar surface area (TPSA) is 47.6 Å². The first-order valence-corrected chi connectivity index (χ1v) is 6.64. The van der Waals surface area contributed by atoms with Gasteiger partial charge in [0.25, 0.3) is 0 Å². The van der Waals surface area contributed by atoms with Gasteiger partial charge in [0.05, 0.1) is 14.2 Å². The number of rotatable bonds is 6. The number of carbonyl (C=O) groups is 1. The van der Waals surface area contributed by atoms with Crippen LogP contribution in [0.15, 0.2) is 24.3 Å². The quantitative estimate of drug-likeness (QED) is 0.813. The molecule has 0 saturated carbocycles. The lowest BCUT2D eigenvalue weighted by atomic mass is 10.0. The Bertz CT molecular complexity index is 492. The molecule has 20 heavy (non-hydrogen) atoms. The van der Waals surface area contributed by atoms with E-state index in [0.717, 1.165) is 12.0 Å². The second-order valence-electron chi connectivity index (χ2n) is 5.17. The van der Waals surface area contributed by atoms with Crippen LogP contribution in [0.4, 0.5) is 0 Å². The van der Waals surface area contributed by atoms with Crippen molar-refractivity contribution in [2.24, 2.45) is 0 Å². The van der Waals surface area contributed by atoms with Gasteiger partial charge in [0.15, 0.2) is 11.5 Å². The van der Waals surface area contributed by atoms with Crippen molar-refractivity contribution in [3.8, 4) is 11.5 Å². The lowest BCUT2D eigenvalue weighted by Crippen LogP contribution is -2.41. The maximum atomic E-state index is 11.8. The normalized spacial score (nSPS) is 11.4. The van der Waals surface area contributed by atoms with E-state index in [1.54, 1.807) is 20.3 Å². The summed E-state index contributed by atoms with van der Waals surface area (Å²) in [5, 5.41) is 2.95. The van der Waals surface area contributed by atoms with E-state index in [0.29, 0.717) is 11.5 Å². The van der Waals surface area contributed by atoms with Gasteiger partial charge in [-0.05, 0) is 44.0 Å². The Kier molecular flexibility index (Phi) is 5.62. The highest BCUT2D eigenvalue weighted by Crippen LogP contribution is 2.27. The highest BCUT2D eigenvalue weighted by Gasteiger charge is 2.15. The van der Waals surface area contributed by atoms with E-state index >= 15 is 0 Å². The number of methoxy groups -OCH3 is 2. The van der Waals surface area contributed by atoms with Gasteiger partial charge < -0.3 is 14.8 Å². The second-order valence-corrected chi connectivity index (χ2v) is 5.17. The van der Waals surface area contributed by atoms with Crippen molar-refractivity contribution in [1.29, 1.82) is 0 Å². The number of carbonyl (C=O) groups excluding carboxylic acids is 1. The number of hydrogen-bond acceptors (Lipinski definition) is 3. The highest BCUT2D eigenvalue weighted by molar-refractivity contribution is 5.92. The summed E-state index contributed by atoms with van der Waals surface area (Å²) in [6.07, 6.45) is 4.16. The molecule has 0 saturated heterocycles. The minimum atomic E-state index is -0.195. The minimum absolute atomic E-state index is 0.105. The smallest absolute Gasteiger partial charge is 0.244 e. The van der Waals surface area contributed by atoms with Crippen molar-refractivity contribution in [2.45, 2.75) is 32.7 Å². The minimum Gasteiger partial charge on any atom is -0.493 e. The summed E-state index contributed by atoms with van der Waals surface area (Å²) in [4.78, 5) is 11.8. The summed E-state index contributed by atoms with van der Waals surface area (Å²) in [6, 6.07) is 5.51. The van der Waals surface area contributed by atoms with Crippen molar-refractivity contribution in [3.63, 3.8) is 0 Å². The molecule has 0 heterocycles. The predicted molar refractivity (Wildman–Crippen MR) is 81.1 cm³/mol. The zero-order chi connectivity index (χ0) is 15.2. The Morgan fingerprint density at radius 1 is 1.25 bits per heavy atom. The molecule has 0 aliphatic heterocycles. The molecule has 0 aliphatic rings. The molecule has 0 unspecified atom stereocenters. The molecule has 0 aromatic heterocycles. The van der Waals surface area contributed by atoms with Crippen LogP contribution in [0.1, 0.15) is 32.8 Å². The zero-order valence-corrected chi connectivity index (χ0v) is 12.8. The molecule has 0 bridgehead atoms. The van der Waals surface area contributed by atoms with Crippen LogP contribution in [0.3, 0.4) is 0 Å². The Labute approximate surface area is 120 Å². The number of benzene rings is 1. The van der Waals surface area contributed by atoms with Gasteiger partial charge in [0.2, 0.25) is 5.91 Å². The molecular formula is C16H23NO3. The molecule has 1 amide bonds. The molecule has 0 aliphatic carbocycles. The number of nitrogens with one attached hydrogen (secondary N) is 1. The van der Waals surface area contributed by atoms with Gasteiger partial charge in [-0.15, -0.1) is 0 Å². The van der Waals surface area contributed by atoms with E-state index in [-0.39, 0.29) is 11.4 Å². The third-order valence-corrected chi connectivity index (χ3v) is 3.18. The lowest BCUT2D eigenvalue weighted by molar-refractivity contribution is -0.117. The SMILES string of the molecule is CCC(C)(C)NC(=O)C=Cc1ccc(OC)c(OC)c1. The highest BCUT2D eigenvalue weighted by atomic mass is 16.5. The molecular weight excluding hydrogens is 254 g/mol. The molecule has 0 atom stereocenters. The number of hydrogen-bond donors (Lipinski definition) is 1. The van der Waals surface area contributed by atoms with Crippen LogP contribution in [0.25, 0.3) is 6.08 Å². The van der Waals surface area contributed by atoms with E-state index in [1.165, 1.54) is 6.08 Å². The Balaban J connectivity index is 2.78. The van der Waals surface area contributed by atoms with Gasteiger partial charge in [0, 0.05) is 11.6 Å². The van der Waals surface area contributed by atoms with E-state index in [4.69, 9.17) is 9.47 Å². The maximum absolute atomic E-state index is 11.8. The largest absolute Gasteiger partial charge is 0.493 e. The van der Waals surface area contributed by atoms with Crippen molar-refractivity contribution < 1.29 is 14.3 Å². The van der Waals surface area contributed by atoms with Gasteiger partial charge in [0.1, 0.15) is 0 Å². The number of ether oxygens (including phenoxy) is 2. The first-order valence-electron chi connectivity index (χ1n) is 6.64. The number of amides is 1. The van der Waals surface area contributed by atoms with Gasteiger partial charge in [-0.2, -0.15) is 0 Å². The fourth-order valence-electron chi connectivity index (χ4n) is 1.59. The molecule has 1 aromatic carbocycles. The Hall–Kier alpha value is -1.97. The van der Waals surface area contributed by atoms with Crippen LogP contribution in [0.5, 0.6) is 11.5 Å². The summed E-state index contributed by atoms with van der Waals surface area (Å²) >= 11 is 0. The lowest BCUT2D eigenvalue weighted by Gasteiger charge is -2.23. The second kappa shape index (κ2) is 6.98. The van der Waals surface area contributed by atoms with Gasteiger partial charge in [-0.1, -0.05) is 13.0 Å². The summed E-state index contributed by atoms with van der Waals surface area (Å²) in [5.41, 5.74) is 0.686. The average molecular weight is 277 g/mol. The Morgan fingerprint density at radius 2 is 1.90 bits per heavy atom. The Morgan fingerprint density at radius 3 is 2.45 bits per heavy atom. The van der Waals surface area contributed by atoms with E-state index in [2.05, 4.69) is 5.32 Å². The van der Waals surface area contributed by atoms with Crippen LogP contribution in [0, 0.1) is 0 Å². The maximum Gasteiger partial charge on any atom is 0.244 e. The van der Waals surface area contributed by atoms with E-state index < -0.39 is 0 Å². The fraction of sp³-hybridized carbons (Fsp3) is 0.438. The van der Waals surface area contributed by atoms with Gasteiger partial charge in [-0.3, -0.25) is 4.79 Å². The summed E-state index contributed by atoms with van der Waals surface area (Å²) in [7, 11) is 3.18. The summed E-state index contributed by atoms with van der Waals surface area (Å²) < 4.78 is 10.4. The van der Waals surface area contributed by atoms with Crippen molar-refractivity contribution in [1.82, 2.24) is 5.32 Å². The fourth-order valence-corrected chi connectivity index (χ4v) is 1.59. The zero-order valence-electron chi connectivity index (χ0n) is 12.8. The van der Waals surface area contributed by atoms with Gasteiger partial charge >= 0.3 is 0 Å². The molecule has 4 heteroatoms. The first-order chi connectivity index (χ1) is 9.41. The predicted octanol–water partition coefficient (Wildman–Crippen LogP) is 3.02. The first kappa shape index (κ1) is 16.1. The molecule has 110 valence electrons. The summed E-state index contributed by atoms with van der Waals surface area (Å²) in [5.74, 6) is 1.21. The molecule has 0 spiro atoms.